The normalized spacial score (nSPS) is 23.1. The van der Waals surface area contributed by atoms with Gasteiger partial charge in [0, 0.05) is 25.3 Å². The fraction of sp³-hybridized carbons (Fsp3) is 0.636. The van der Waals surface area contributed by atoms with Crippen molar-refractivity contribution in [1.82, 2.24) is 9.97 Å². The Balaban J connectivity index is 2.11. The van der Waals surface area contributed by atoms with E-state index >= 15 is 0 Å². The molecular formula is C11H16F2N4O. The highest BCUT2D eigenvalue weighted by Gasteiger charge is 2.44. The van der Waals surface area contributed by atoms with E-state index in [1.54, 1.807) is 0 Å². The van der Waals surface area contributed by atoms with Gasteiger partial charge in [0.1, 0.15) is 5.82 Å². The molecule has 1 aromatic rings. The minimum absolute atomic E-state index is 0.124. The Bertz CT molecular complexity index is 416. The van der Waals surface area contributed by atoms with E-state index in [2.05, 4.69) is 9.97 Å². The fourth-order valence-electron chi connectivity index (χ4n) is 2.18. The van der Waals surface area contributed by atoms with Crippen LogP contribution in [0.1, 0.15) is 12.8 Å². The fourth-order valence-corrected chi connectivity index (χ4v) is 2.18. The van der Waals surface area contributed by atoms with Crippen molar-refractivity contribution in [2.24, 2.45) is 5.92 Å². The van der Waals surface area contributed by atoms with Crippen LogP contribution in [0, 0.1) is 5.92 Å². The summed E-state index contributed by atoms with van der Waals surface area (Å²) in [5, 5.41) is 8.78. The van der Waals surface area contributed by atoms with E-state index in [0.29, 0.717) is 13.0 Å². The first kappa shape index (κ1) is 12.9. The Morgan fingerprint density at radius 3 is 2.94 bits per heavy atom. The van der Waals surface area contributed by atoms with Crippen molar-refractivity contribution in [2.75, 3.05) is 30.3 Å². The van der Waals surface area contributed by atoms with E-state index in [1.807, 2.05) is 0 Å². The minimum atomic E-state index is -2.84. The number of nitrogens with zero attached hydrogens (tertiary/aromatic N) is 3. The van der Waals surface area contributed by atoms with Crippen molar-refractivity contribution >= 4 is 11.8 Å². The predicted octanol–water partition coefficient (Wildman–Crippen LogP) is 0.903. The van der Waals surface area contributed by atoms with Crippen LogP contribution < -0.4 is 10.6 Å². The van der Waals surface area contributed by atoms with Crippen LogP contribution in [0.5, 0.6) is 0 Å². The molecule has 1 fully saturated rings. The Morgan fingerprint density at radius 2 is 2.33 bits per heavy atom. The van der Waals surface area contributed by atoms with Crippen LogP contribution in [0.4, 0.5) is 20.5 Å². The van der Waals surface area contributed by atoms with Gasteiger partial charge in [-0.3, -0.25) is 0 Å². The van der Waals surface area contributed by atoms with E-state index in [4.69, 9.17) is 10.8 Å². The second kappa shape index (κ2) is 5.01. The number of rotatable bonds is 3. The quantitative estimate of drug-likeness (QED) is 0.842. The number of nitrogens with two attached hydrogens (primary N) is 1. The molecule has 1 unspecified atom stereocenters. The van der Waals surface area contributed by atoms with E-state index in [0.717, 1.165) is 0 Å². The van der Waals surface area contributed by atoms with E-state index < -0.39 is 18.4 Å². The molecule has 100 valence electrons. The zero-order valence-corrected chi connectivity index (χ0v) is 9.89. The van der Waals surface area contributed by atoms with Gasteiger partial charge in [-0.15, -0.1) is 0 Å². The van der Waals surface area contributed by atoms with Gasteiger partial charge in [-0.05, 0) is 18.9 Å². The third kappa shape index (κ3) is 2.66. The average molecular weight is 258 g/mol. The van der Waals surface area contributed by atoms with Crippen molar-refractivity contribution in [1.29, 1.82) is 0 Å². The van der Waals surface area contributed by atoms with Gasteiger partial charge in [0.05, 0.1) is 6.54 Å². The molecule has 18 heavy (non-hydrogen) atoms. The molecule has 0 aliphatic carbocycles. The van der Waals surface area contributed by atoms with Gasteiger partial charge >= 0.3 is 0 Å². The topological polar surface area (TPSA) is 75.3 Å². The molecule has 7 heteroatoms. The number of alkyl halides is 2. The Hall–Kier alpha value is -1.50. The number of hydrogen-bond acceptors (Lipinski definition) is 5. The molecule has 1 atom stereocenters. The number of aliphatic hydroxyl groups excluding tert-OH is 1. The maximum absolute atomic E-state index is 13.9. The molecule has 0 saturated carbocycles. The molecular weight excluding hydrogens is 242 g/mol. The SMILES string of the molecule is Nc1ccnc(N2CCC(CCO)C(F)(F)C2)n1. The van der Waals surface area contributed by atoms with Gasteiger partial charge in [-0.25, -0.2) is 13.8 Å². The maximum atomic E-state index is 13.9. The molecule has 3 N–H and O–H groups in total. The Kier molecular flexibility index (Phi) is 3.60. The number of hydrogen-bond donors (Lipinski definition) is 2. The summed E-state index contributed by atoms with van der Waals surface area (Å²) in [5.41, 5.74) is 5.51. The molecule has 1 aliphatic rings. The first-order chi connectivity index (χ1) is 8.53. The van der Waals surface area contributed by atoms with Crippen LogP contribution in [0.25, 0.3) is 0 Å². The molecule has 0 bridgehead atoms. The van der Waals surface area contributed by atoms with Crippen LogP contribution >= 0.6 is 0 Å². The standard InChI is InChI=1S/C11H16F2N4O/c12-11(13)7-17(5-2-8(11)3-6-18)10-15-4-1-9(14)16-10/h1,4,8,18H,2-3,5-7H2,(H2,14,15,16). The van der Waals surface area contributed by atoms with Gasteiger partial charge in [0.2, 0.25) is 5.95 Å². The van der Waals surface area contributed by atoms with Crippen LogP contribution in [0.2, 0.25) is 0 Å². The highest BCUT2D eigenvalue weighted by molar-refractivity contribution is 5.38. The molecule has 0 aromatic carbocycles. The average Bonchev–Trinajstić information content (AvgIpc) is 2.31. The number of anilines is 2. The zero-order valence-electron chi connectivity index (χ0n) is 9.89. The van der Waals surface area contributed by atoms with Gasteiger partial charge in [-0.2, -0.15) is 4.98 Å². The zero-order chi connectivity index (χ0) is 13.2. The monoisotopic (exact) mass is 258 g/mol. The highest BCUT2D eigenvalue weighted by Crippen LogP contribution is 2.35. The molecule has 0 spiro atoms. The molecule has 5 nitrogen and oxygen atoms in total. The first-order valence-electron chi connectivity index (χ1n) is 5.85. The van der Waals surface area contributed by atoms with Crippen molar-refractivity contribution in [2.45, 2.75) is 18.8 Å². The van der Waals surface area contributed by atoms with Gasteiger partial charge in [0.15, 0.2) is 0 Å². The lowest BCUT2D eigenvalue weighted by molar-refractivity contribution is -0.0719. The number of piperidine rings is 1. The summed E-state index contributed by atoms with van der Waals surface area (Å²) in [6.07, 6.45) is 1.89. The maximum Gasteiger partial charge on any atom is 0.268 e. The van der Waals surface area contributed by atoms with E-state index in [9.17, 15) is 8.78 Å². The molecule has 1 aromatic heterocycles. The summed E-state index contributed by atoms with van der Waals surface area (Å²) >= 11 is 0. The van der Waals surface area contributed by atoms with Crippen molar-refractivity contribution in [3.8, 4) is 0 Å². The largest absolute Gasteiger partial charge is 0.396 e. The first-order valence-corrected chi connectivity index (χ1v) is 5.85. The van der Waals surface area contributed by atoms with Gasteiger partial charge in [-0.1, -0.05) is 0 Å². The minimum Gasteiger partial charge on any atom is -0.396 e. The molecule has 2 rings (SSSR count). The second-order valence-corrected chi connectivity index (χ2v) is 4.46. The lowest BCUT2D eigenvalue weighted by Gasteiger charge is -2.38. The predicted molar refractivity (Wildman–Crippen MR) is 63.4 cm³/mol. The number of aromatic nitrogens is 2. The molecule has 2 heterocycles. The molecule has 0 amide bonds. The number of halogens is 2. The Labute approximate surface area is 104 Å². The highest BCUT2D eigenvalue weighted by atomic mass is 19.3. The summed E-state index contributed by atoms with van der Waals surface area (Å²) < 4.78 is 27.7. The summed E-state index contributed by atoms with van der Waals surface area (Å²) in [6, 6.07) is 1.51. The lowest BCUT2D eigenvalue weighted by atomic mass is 9.90. The lowest BCUT2D eigenvalue weighted by Crippen LogP contribution is -2.49. The van der Waals surface area contributed by atoms with Crippen molar-refractivity contribution in [3.63, 3.8) is 0 Å². The Morgan fingerprint density at radius 1 is 1.56 bits per heavy atom. The van der Waals surface area contributed by atoms with Crippen LogP contribution in [-0.4, -0.2) is 40.7 Å². The van der Waals surface area contributed by atoms with Gasteiger partial charge in [0.25, 0.3) is 5.92 Å². The number of aliphatic hydroxyl groups is 1. The van der Waals surface area contributed by atoms with Gasteiger partial charge < -0.3 is 15.7 Å². The third-order valence-corrected chi connectivity index (χ3v) is 3.17. The summed E-state index contributed by atoms with van der Waals surface area (Å²) in [5.74, 6) is -3.12. The van der Waals surface area contributed by atoms with Crippen LogP contribution in [0.3, 0.4) is 0 Å². The van der Waals surface area contributed by atoms with E-state index in [-0.39, 0.29) is 24.8 Å². The summed E-state index contributed by atoms with van der Waals surface area (Å²) in [4.78, 5) is 9.33. The van der Waals surface area contributed by atoms with E-state index in [1.165, 1.54) is 17.2 Å². The van der Waals surface area contributed by atoms with Crippen LogP contribution in [-0.2, 0) is 0 Å². The summed E-state index contributed by atoms with van der Waals surface area (Å²) in [7, 11) is 0. The molecule has 1 aliphatic heterocycles. The second-order valence-electron chi connectivity index (χ2n) is 4.46. The van der Waals surface area contributed by atoms with Crippen molar-refractivity contribution < 1.29 is 13.9 Å². The number of nitrogen functional groups attached to an aromatic ring is 1. The van der Waals surface area contributed by atoms with Crippen molar-refractivity contribution in [3.05, 3.63) is 12.3 Å². The smallest absolute Gasteiger partial charge is 0.268 e. The summed E-state index contributed by atoms with van der Waals surface area (Å²) in [6.45, 7) is -0.195. The molecule has 1 saturated heterocycles. The van der Waals surface area contributed by atoms with Crippen LogP contribution in [0.15, 0.2) is 12.3 Å². The third-order valence-electron chi connectivity index (χ3n) is 3.17. The molecule has 0 radical (unpaired) electrons.